The Balaban J connectivity index is 2.32. The Morgan fingerprint density at radius 3 is 2.60 bits per heavy atom. The molecule has 0 spiro atoms. The minimum absolute atomic E-state index is 0.178. The molecular formula is C12H17N3O4S. The van der Waals surface area contributed by atoms with Gasteiger partial charge >= 0.3 is 5.69 Å². The summed E-state index contributed by atoms with van der Waals surface area (Å²) < 4.78 is 26.9. The van der Waals surface area contributed by atoms with Gasteiger partial charge in [0.05, 0.1) is 4.92 Å². The summed E-state index contributed by atoms with van der Waals surface area (Å²) in [5.74, 6) is 0.840. The number of para-hydroxylation sites is 1. The molecule has 2 unspecified atom stereocenters. The number of nitro benzene ring substituents is 1. The maximum Gasteiger partial charge on any atom is 0.312 e. The largest absolute Gasteiger partial charge is 0.383 e. The highest BCUT2D eigenvalue weighted by molar-refractivity contribution is 7.89. The SMILES string of the molecule is CNc1cccc(S(=O)(=O)NCC2CC2C)c1[N+](=O)[O-]. The molecule has 1 aliphatic carbocycles. The molecule has 0 heterocycles. The minimum atomic E-state index is -3.88. The fourth-order valence-corrected chi connectivity index (χ4v) is 3.39. The zero-order chi connectivity index (χ0) is 14.9. The molecular weight excluding hydrogens is 282 g/mol. The van der Waals surface area contributed by atoms with Gasteiger partial charge in [-0.3, -0.25) is 10.1 Å². The van der Waals surface area contributed by atoms with Crippen molar-refractivity contribution in [2.24, 2.45) is 11.8 Å². The highest BCUT2D eigenvalue weighted by Gasteiger charge is 2.35. The van der Waals surface area contributed by atoms with Crippen LogP contribution in [0.5, 0.6) is 0 Å². The van der Waals surface area contributed by atoms with Gasteiger partial charge in [-0.2, -0.15) is 0 Å². The van der Waals surface area contributed by atoms with Crippen molar-refractivity contribution in [1.82, 2.24) is 4.72 Å². The molecule has 1 saturated carbocycles. The van der Waals surface area contributed by atoms with Gasteiger partial charge in [-0.05, 0) is 30.4 Å². The Hall–Kier alpha value is -1.67. The average Bonchev–Trinajstić information content (AvgIpc) is 3.11. The molecule has 2 rings (SSSR count). The van der Waals surface area contributed by atoms with E-state index in [9.17, 15) is 18.5 Å². The molecule has 1 aromatic rings. The van der Waals surface area contributed by atoms with Gasteiger partial charge in [-0.25, -0.2) is 13.1 Å². The second-order valence-corrected chi connectivity index (χ2v) is 6.72. The number of nitro groups is 1. The number of nitrogens with zero attached hydrogens (tertiary/aromatic N) is 1. The first-order valence-corrected chi connectivity index (χ1v) is 7.80. The quantitative estimate of drug-likeness (QED) is 0.613. The van der Waals surface area contributed by atoms with E-state index in [0.717, 1.165) is 6.42 Å². The number of hydrogen-bond acceptors (Lipinski definition) is 5. The maximum absolute atomic E-state index is 12.2. The summed E-state index contributed by atoms with van der Waals surface area (Å²) in [6, 6.07) is 4.20. The van der Waals surface area contributed by atoms with Crippen LogP contribution in [-0.4, -0.2) is 26.9 Å². The topological polar surface area (TPSA) is 101 Å². The first kappa shape index (κ1) is 14.7. The molecule has 2 atom stereocenters. The fraction of sp³-hybridized carbons (Fsp3) is 0.500. The van der Waals surface area contributed by atoms with Crippen molar-refractivity contribution in [3.8, 4) is 0 Å². The lowest BCUT2D eigenvalue weighted by molar-refractivity contribution is -0.386. The van der Waals surface area contributed by atoms with Crippen LogP contribution >= 0.6 is 0 Å². The summed E-state index contributed by atoms with van der Waals surface area (Å²) in [5.41, 5.74) is -0.246. The Morgan fingerprint density at radius 2 is 2.10 bits per heavy atom. The molecule has 0 saturated heterocycles. The standard InChI is InChI=1S/C12H17N3O4S/c1-8-6-9(8)7-14-20(18,19)11-5-3-4-10(13-2)12(11)15(16)17/h3-5,8-9,13-14H,6-7H2,1-2H3. The summed E-state index contributed by atoms with van der Waals surface area (Å²) in [6.07, 6.45) is 0.987. The number of benzene rings is 1. The number of rotatable bonds is 6. The van der Waals surface area contributed by atoms with Gasteiger partial charge in [0, 0.05) is 13.6 Å². The van der Waals surface area contributed by atoms with Crippen molar-refractivity contribution < 1.29 is 13.3 Å². The highest BCUT2D eigenvalue weighted by Crippen LogP contribution is 2.37. The smallest absolute Gasteiger partial charge is 0.312 e. The second kappa shape index (κ2) is 5.37. The van der Waals surface area contributed by atoms with E-state index in [1.165, 1.54) is 25.2 Å². The molecule has 1 aromatic carbocycles. The van der Waals surface area contributed by atoms with Crippen LogP contribution in [0.3, 0.4) is 0 Å². The van der Waals surface area contributed by atoms with Crippen LogP contribution in [0.25, 0.3) is 0 Å². The number of anilines is 1. The number of hydrogen-bond donors (Lipinski definition) is 2. The van der Waals surface area contributed by atoms with E-state index in [0.29, 0.717) is 18.4 Å². The van der Waals surface area contributed by atoms with Gasteiger partial charge in [0.25, 0.3) is 0 Å². The lowest BCUT2D eigenvalue weighted by Gasteiger charge is -2.09. The van der Waals surface area contributed by atoms with Crippen molar-refractivity contribution in [1.29, 1.82) is 0 Å². The van der Waals surface area contributed by atoms with Crippen molar-refractivity contribution in [3.05, 3.63) is 28.3 Å². The number of sulfonamides is 1. The normalized spacial score (nSPS) is 21.5. The molecule has 0 bridgehead atoms. The van der Waals surface area contributed by atoms with Crippen LogP contribution in [0.4, 0.5) is 11.4 Å². The third-order valence-corrected chi connectivity index (χ3v) is 5.01. The van der Waals surface area contributed by atoms with Crippen molar-refractivity contribution in [2.45, 2.75) is 18.2 Å². The molecule has 0 aliphatic heterocycles. The lowest BCUT2D eigenvalue weighted by Crippen LogP contribution is -2.27. The second-order valence-electron chi connectivity index (χ2n) is 4.98. The molecule has 8 heteroatoms. The predicted molar refractivity (Wildman–Crippen MR) is 75.1 cm³/mol. The van der Waals surface area contributed by atoms with Gasteiger partial charge < -0.3 is 5.32 Å². The number of nitrogens with one attached hydrogen (secondary N) is 2. The third kappa shape index (κ3) is 2.91. The van der Waals surface area contributed by atoms with Crippen LogP contribution in [0.1, 0.15) is 13.3 Å². The zero-order valence-corrected chi connectivity index (χ0v) is 12.1. The Labute approximate surface area is 117 Å². The summed E-state index contributed by atoms with van der Waals surface area (Å²) in [7, 11) is -2.37. The molecule has 2 N–H and O–H groups in total. The van der Waals surface area contributed by atoms with E-state index in [2.05, 4.69) is 10.0 Å². The van der Waals surface area contributed by atoms with Crippen LogP contribution in [0.2, 0.25) is 0 Å². The molecule has 1 fully saturated rings. The van der Waals surface area contributed by atoms with Crippen molar-refractivity contribution in [3.63, 3.8) is 0 Å². The molecule has 1 aliphatic rings. The van der Waals surface area contributed by atoms with Crippen molar-refractivity contribution >= 4 is 21.4 Å². The first-order chi connectivity index (χ1) is 9.36. The first-order valence-electron chi connectivity index (χ1n) is 6.31. The summed E-state index contributed by atoms with van der Waals surface area (Å²) >= 11 is 0. The van der Waals surface area contributed by atoms with Gasteiger partial charge in [0.15, 0.2) is 4.90 Å². The van der Waals surface area contributed by atoms with Gasteiger partial charge in [0.1, 0.15) is 5.69 Å². The lowest BCUT2D eigenvalue weighted by atomic mass is 10.3. The van der Waals surface area contributed by atoms with Gasteiger partial charge in [0.2, 0.25) is 10.0 Å². The van der Waals surface area contributed by atoms with E-state index >= 15 is 0 Å². The Bertz CT molecular complexity index is 630. The van der Waals surface area contributed by atoms with E-state index in [-0.39, 0.29) is 10.6 Å². The third-order valence-electron chi connectivity index (χ3n) is 3.55. The van der Waals surface area contributed by atoms with E-state index in [4.69, 9.17) is 0 Å². The Morgan fingerprint density at radius 1 is 1.45 bits per heavy atom. The molecule has 0 amide bonds. The zero-order valence-electron chi connectivity index (χ0n) is 11.3. The summed E-state index contributed by atoms with van der Waals surface area (Å²) in [5, 5.41) is 13.8. The monoisotopic (exact) mass is 299 g/mol. The highest BCUT2D eigenvalue weighted by atomic mass is 32.2. The molecule has 0 radical (unpaired) electrons. The van der Waals surface area contributed by atoms with Crippen LogP contribution in [0, 0.1) is 22.0 Å². The van der Waals surface area contributed by atoms with Crippen LogP contribution < -0.4 is 10.0 Å². The van der Waals surface area contributed by atoms with Crippen LogP contribution in [-0.2, 0) is 10.0 Å². The fourth-order valence-electron chi connectivity index (χ4n) is 2.11. The van der Waals surface area contributed by atoms with E-state index in [1.54, 1.807) is 0 Å². The summed E-state index contributed by atoms with van der Waals surface area (Å²) in [6.45, 7) is 2.37. The molecule has 0 aromatic heterocycles. The summed E-state index contributed by atoms with van der Waals surface area (Å²) in [4.78, 5) is 10.1. The van der Waals surface area contributed by atoms with E-state index in [1.807, 2.05) is 6.92 Å². The average molecular weight is 299 g/mol. The predicted octanol–water partition coefficient (Wildman–Crippen LogP) is 1.57. The minimum Gasteiger partial charge on any atom is -0.383 e. The van der Waals surface area contributed by atoms with Gasteiger partial charge in [-0.1, -0.05) is 13.0 Å². The maximum atomic E-state index is 12.2. The van der Waals surface area contributed by atoms with E-state index < -0.39 is 20.6 Å². The molecule has 110 valence electrons. The molecule has 20 heavy (non-hydrogen) atoms. The van der Waals surface area contributed by atoms with Gasteiger partial charge in [-0.15, -0.1) is 0 Å². The Kier molecular flexibility index (Phi) is 3.96. The van der Waals surface area contributed by atoms with Crippen LogP contribution in [0.15, 0.2) is 23.1 Å². The van der Waals surface area contributed by atoms with Crippen molar-refractivity contribution in [2.75, 3.05) is 18.9 Å². The molecule has 7 nitrogen and oxygen atoms in total.